The van der Waals surface area contributed by atoms with Crippen molar-refractivity contribution in [3.05, 3.63) is 35.1 Å². The zero-order valence-electron chi connectivity index (χ0n) is 9.92. The number of hydrogen-bond acceptors (Lipinski definition) is 2. The number of ketones is 1. The van der Waals surface area contributed by atoms with E-state index < -0.39 is 6.10 Å². The van der Waals surface area contributed by atoms with Crippen LogP contribution in [0.3, 0.4) is 0 Å². The van der Waals surface area contributed by atoms with E-state index in [0.29, 0.717) is 24.2 Å². The summed E-state index contributed by atoms with van der Waals surface area (Å²) in [5.74, 6) is -0.323. The summed E-state index contributed by atoms with van der Waals surface area (Å²) in [6.07, 6.45) is -0.245. The van der Waals surface area contributed by atoms with E-state index in [4.69, 9.17) is 4.74 Å². The fourth-order valence-corrected chi connectivity index (χ4v) is 1.50. The maximum atomic E-state index is 13.4. The minimum Gasteiger partial charge on any atom is -0.366 e. The van der Waals surface area contributed by atoms with E-state index in [1.165, 1.54) is 6.07 Å². The fourth-order valence-electron chi connectivity index (χ4n) is 1.50. The van der Waals surface area contributed by atoms with Crippen molar-refractivity contribution >= 4 is 5.78 Å². The first-order valence-electron chi connectivity index (χ1n) is 5.50. The SMILES string of the molecule is CCOC(C(=O)CC)c1ccc(C)c(F)c1. The first-order valence-corrected chi connectivity index (χ1v) is 5.50. The van der Waals surface area contributed by atoms with Crippen LogP contribution in [0.4, 0.5) is 4.39 Å². The lowest BCUT2D eigenvalue weighted by molar-refractivity contribution is -0.130. The zero-order chi connectivity index (χ0) is 12.1. The molecule has 0 heterocycles. The molecule has 1 rings (SSSR count). The Morgan fingerprint density at radius 2 is 2.12 bits per heavy atom. The number of aryl methyl sites for hydroxylation is 1. The van der Waals surface area contributed by atoms with Gasteiger partial charge in [-0.25, -0.2) is 4.39 Å². The summed E-state index contributed by atoms with van der Waals surface area (Å²) in [5, 5.41) is 0. The van der Waals surface area contributed by atoms with E-state index in [0.717, 1.165) is 0 Å². The van der Waals surface area contributed by atoms with Gasteiger partial charge in [-0.2, -0.15) is 0 Å². The summed E-state index contributed by atoms with van der Waals surface area (Å²) in [4.78, 5) is 11.7. The second kappa shape index (κ2) is 5.75. The van der Waals surface area contributed by atoms with Gasteiger partial charge in [0, 0.05) is 13.0 Å². The van der Waals surface area contributed by atoms with Crippen LogP contribution in [0.2, 0.25) is 0 Å². The Morgan fingerprint density at radius 1 is 1.44 bits per heavy atom. The molecular formula is C13H17FO2. The molecule has 0 bridgehead atoms. The Balaban J connectivity index is 3.01. The average Bonchev–Trinajstić information content (AvgIpc) is 2.29. The van der Waals surface area contributed by atoms with Crippen molar-refractivity contribution < 1.29 is 13.9 Å². The highest BCUT2D eigenvalue weighted by atomic mass is 19.1. The molecule has 0 fully saturated rings. The number of ether oxygens (including phenoxy) is 1. The molecule has 16 heavy (non-hydrogen) atoms. The molecule has 0 aromatic heterocycles. The lowest BCUT2D eigenvalue weighted by Gasteiger charge is -2.15. The summed E-state index contributed by atoms with van der Waals surface area (Å²) < 4.78 is 18.7. The molecule has 0 aliphatic heterocycles. The second-order valence-electron chi connectivity index (χ2n) is 3.66. The number of hydrogen-bond donors (Lipinski definition) is 0. The minimum absolute atomic E-state index is 0.0231. The average molecular weight is 224 g/mol. The molecule has 0 amide bonds. The molecule has 0 aliphatic rings. The van der Waals surface area contributed by atoms with Gasteiger partial charge >= 0.3 is 0 Å². The fraction of sp³-hybridized carbons (Fsp3) is 0.462. The molecule has 0 saturated heterocycles. The van der Waals surface area contributed by atoms with Crippen molar-refractivity contribution in [1.29, 1.82) is 0 Å². The van der Waals surface area contributed by atoms with E-state index in [1.54, 1.807) is 26.0 Å². The lowest BCUT2D eigenvalue weighted by Crippen LogP contribution is -2.15. The molecule has 1 unspecified atom stereocenters. The Bertz CT molecular complexity index is 374. The third-order valence-corrected chi connectivity index (χ3v) is 2.47. The standard InChI is InChI=1S/C13H17FO2/c1-4-12(15)13(16-5-2)10-7-6-9(3)11(14)8-10/h6-8,13H,4-5H2,1-3H3. The number of rotatable bonds is 5. The number of Topliss-reactive ketones (excluding diaryl/α,β-unsaturated/α-hetero) is 1. The van der Waals surface area contributed by atoms with E-state index in [2.05, 4.69) is 0 Å². The summed E-state index contributed by atoms with van der Waals surface area (Å²) in [5.41, 5.74) is 1.17. The maximum Gasteiger partial charge on any atom is 0.165 e. The van der Waals surface area contributed by atoms with Crippen molar-refractivity contribution in [1.82, 2.24) is 0 Å². The predicted octanol–water partition coefficient (Wildman–Crippen LogP) is 3.19. The highest BCUT2D eigenvalue weighted by Gasteiger charge is 2.19. The van der Waals surface area contributed by atoms with Crippen molar-refractivity contribution in [3.8, 4) is 0 Å². The summed E-state index contributed by atoms with van der Waals surface area (Å²) >= 11 is 0. The molecule has 0 saturated carbocycles. The first-order chi connectivity index (χ1) is 7.60. The van der Waals surface area contributed by atoms with Gasteiger partial charge in [0.1, 0.15) is 11.9 Å². The quantitative estimate of drug-likeness (QED) is 0.767. The van der Waals surface area contributed by atoms with Gasteiger partial charge in [-0.3, -0.25) is 4.79 Å². The van der Waals surface area contributed by atoms with Crippen LogP contribution in [0.25, 0.3) is 0 Å². The molecule has 3 heteroatoms. The number of carbonyl (C=O) groups excluding carboxylic acids is 1. The van der Waals surface area contributed by atoms with Crippen LogP contribution >= 0.6 is 0 Å². The normalized spacial score (nSPS) is 12.5. The Hall–Kier alpha value is -1.22. The molecule has 0 N–H and O–H groups in total. The van der Waals surface area contributed by atoms with Gasteiger partial charge in [-0.15, -0.1) is 0 Å². The van der Waals surface area contributed by atoms with Crippen LogP contribution in [0, 0.1) is 12.7 Å². The first kappa shape index (κ1) is 12.8. The van der Waals surface area contributed by atoms with Gasteiger partial charge in [-0.1, -0.05) is 19.1 Å². The summed E-state index contributed by atoms with van der Waals surface area (Å²) in [7, 11) is 0. The van der Waals surface area contributed by atoms with Crippen LogP contribution in [0.15, 0.2) is 18.2 Å². The topological polar surface area (TPSA) is 26.3 Å². The molecule has 0 radical (unpaired) electrons. The number of benzene rings is 1. The Kier molecular flexibility index (Phi) is 4.62. The van der Waals surface area contributed by atoms with Gasteiger partial charge in [0.25, 0.3) is 0 Å². The molecule has 0 spiro atoms. The summed E-state index contributed by atoms with van der Waals surface area (Å²) in [6.45, 7) is 5.72. The monoisotopic (exact) mass is 224 g/mol. The van der Waals surface area contributed by atoms with Crippen molar-refractivity contribution in [3.63, 3.8) is 0 Å². The van der Waals surface area contributed by atoms with E-state index in [1.807, 2.05) is 6.92 Å². The van der Waals surface area contributed by atoms with E-state index >= 15 is 0 Å². The molecule has 88 valence electrons. The van der Waals surface area contributed by atoms with Crippen LogP contribution in [-0.2, 0) is 9.53 Å². The smallest absolute Gasteiger partial charge is 0.165 e. The third kappa shape index (κ3) is 2.89. The van der Waals surface area contributed by atoms with E-state index in [9.17, 15) is 9.18 Å². The molecule has 1 aromatic rings. The van der Waals surface area contributed by atoms with Gasteiger partial charge in [-0.05, 0) is 31.0 Å². The lowest BCUT2D eigenvalue weighted by atomic mass is 10.0. The van der Waals surface area contributed by atoms with Gasteiger partial charge in [0.2, 0.25) is 0 Å². The van der Waals surface area contributed by atoms with Gasteiger partial charge in [0.05, 0.1) is 0 Å². The highest BCUT2D eigenvalue weighted by Crippen LogP contribution is 2.22. The zero-order valence-corrected chi connectivity index (χ0v) is 9.92. The molecule has 2 nitrogen and oxygen atoms in total. The molecule has 0 aliphatic carbocycles. The number of carbonyl (C=O) groups is 1. The molecule has 1 atom stereocenters. The van der Waals surface area contributed by atoms with Crippen molar-refractivity contribution in [2.75, 3.05) is 6.61 Å². The van der Waals surface area contributed by atoms with Crippen molar-refractivity contribution in [2.45, 2.75) is 33.3 Å². The third-order valence-electron chi connectivity index (χ3n) is 2.47. The van der Waals surface area contributed by atoms with Crippen LogP contribution in [-0.4, -0.2) is 12.4 Å². The summed E-state index contributed by atoms with van der Waals surface area (Å²) in [6, 6.07) is 4.79. The minimum atomic E-state index is -0.634. The molecule has 1 aromatic carbocycles. The van der Waals surface area contributed by atoms with Crippen LogP contribution in [0.5, 0.6) is 0 Å². The Labute approximate surface area is 95.4 Å². The van der Waals surface area contributed by atoms with Crippen LogP contribution in [0.1, 0.15) is 37.5 Å². The number of halogens is 1. The second-order valence-corrected chi connectivity index (χ2v) is 3.66. The highest BCUT2D eigenvalue weighted by molar-refractivity contribution is 5.84. The molecular weight excluding hydrogens is 207 g/mol. The van der Waals surface area contributed by atoms with Crippen molar-refractivity contribution in [2.24, 2.45) is 0 Å². The maximum absolute atomic E-state index is 13.4. The van der Waals surface area contributed by atoms with Gasteiger partial charge in [0.15, 0.2) is 5.78 Å². The largest absolute Gasteiger partial charge is 0.366 e. The van der Waals surface area contributed by atoms with E-state index in [-0.39, 0.29) is 11.6 Å². The predicted molar refractivity (Wildman–Crippen MR) is 60.8 cm³/mol. The Morgan fingerprint density at radius 3 is 2.62 bits per heavy atom. The van der Waals surface area contributed by atoms with Gasteiger partial charge < -0.3 is 4.74 Å². The van der Waals surface area contributed by atoms with Crippen LogP contribution < -0.4 is 0 Å².